The molecule has 1 heterocycles. The SMILES string of the molecule is CCn1nc(C)c(N)c1C(=O)Nc1ccc(F)cc1Cl. The fraction of sp³-hybridized carbons (Fsp3) is 0.231. The molecule has 20 heavy (non-hydrogen) atoms. The molecular formula is C13H14ClFN4O. The van der Waals surface area contributed by atoms with Crippen molar-refractivity contribution >= 4 is 28.9 Å². The molecule has 0 spiro atoms. The molecule has 0 aliphatic carbocycles. The van der Waals surface area contributed by atoms with Crippen molar-refractivity contribution in [3.8, 4) is 0 Å². The Hall–Kier alpha value is -2.08. The summed E-state index contributed by atoms with van der Waals surface area (Å²) in [6, 6.07) is 3.74. The maximum Gasteiger partial charge on any atom is 0.276 e. The number of amides is 1. The molecule has 0 saturated carbocycles. The van der Waals surface area contributed by atoms with E-state index in [1.165, 1.54) is 16.8 Å². The van der Waals surface area contributed by atoms with Gasteiger partial charge in [-0.2, -0.15) is 5.10 Å². The summed E-state index contributed by atoms with van der Waals surface area (Å²) in [5.74, 6) is -0.902. The third kappa shape index (κ3) is 2.60. The van der Waals surface area contributed by atoms with E-state index in [2.05, 4.69) is 10.4 Å². The molecule has 0 bridgehead atoms. The summed E-state index contributed by atoms with van der Waals surface area (Å²) in [5, 5.41) is 6.89. The molecule has 0 saturated heterocycles. The number of carbonyl (C=O) groups is 1. The minimum absolute atomic E-state index is 0.121. The molecule has 106 valence electrons. The van der Waals surface area contributed by atoms with Gasteiger partial charge in [0.25, 0.3) is 5.91 Å². The van der Waals surface area contributed by atoms with Gasteiger partial charge in [0.2, 0.25) is 0 Å². The number of halogens is 2. The van der Waals surface area contributed by atoms with Crippen LogP contribution in [0, 0.1) is 12.7 Å². The number of rotatable bonds is 3. The van der Waals surface area contributed by atoms with Crippen LogP contribution in [-0.2, 0) is 6.54 Å². The van der Waals surface area contributed by atoms with Crippen LogP contribution in [0.2, 0.25) is 5.02 Å². The lowest BCUT2D eigenvalue weighted by molar-refractivity contribution is 0.101. The van der Waals surface area contributed by atoms with Crippen molar-refractivity contribution in [1.82, 2.24) is 9.78 Å². The number of nitrogens with one attached hydrogen (secondary N) is 1. The summed E-state index contributed by atoms with van der Waals surface area (Å²) in [4.78, 5) is 12.3. The number of hydrogen-bond acceptors (Lipinski definition) is 3. The van der Waals surface area contributed by atoms with Crippen molar-refractivity contribution in [2.45, 2.75) is 20.4 Å². The average Bonchev–Trinajstić information content (AvgIpc) is 2.68. The van der Waals surface area contributed by atoms with Gasteiger partial charge >= 0.3 is 0 Å². The van der Waals surface area contributed by atoms with E-state index in [0.29, 0.717) is 23.6 Å². The number of hydrogen-bond donors (Lipinski definition) is 2. The third-order valence-corrected chi connectivity index (χ3v) is 3.18. The molecule has 0 atom stereocenters. The van der Waals surface area contributed by atoms with Crippen molar-refractivity contribution in [2.24, 2.45) is 0 Å². The number of nitrogen functional groups attached to an aromatic ring is 1. The second-order valence-electron chi connectivity index (χ2n) is 4.24. The van der Waals surface area contributed by atoms with Gasteiger partial charge in [-0.1, -0.05) is 11.6 Å². The summed E-state index contributed by atoms with van der Waals surface area (Å²) in [6.45, 7) is 4.09. The predicted molar refractivity (Wildman–Crippen MR) is 76.4 cm³/mol. The van der Waals surface area contributed by atoms with Gasteiger partial charge in [0.15, 0.2) is 0 Å². The van der Waals surface area contributed by atoms with Gasteiger partial charge in [-0.15, -0.1) is 0 Å². The van der Waals surface area contributed by atoms with Crippen molar-refractivity contribution in [2.75, 3.05) is 11.1 Å². The zero-order valence-corrected chi connectivity index (χ0v) is 11.8. The van der Waals surface area contributed by atoms with Gasteiger partial charge in [-0.25, -0.2) is 4.39 Å². The Morgan fingerprint density at radius 1 is 1.55 bits per heavy atom. The summed E-state index contributed by atoms with van der Waals surface area (Å²) in [6.07, 6.45) is 0. The summed E-state index contributed by atoms with van der Waals surface area (Å²) < 4.78 is 14.5. The molecule has 0 aliphatic rings. The first-order valence-electron chi connectivity index (χ1n) is 6.03. The Balaban J connectivity index is 2.33. The van der Waals surface area contributed by atoms with E-state index in [-0.39, 0.29) is 10.7 Å². The molecule has 0 fully saturated rings. The fourth-order valence-corrected chi connectivity index (χ4v) is 2.05. The molecule has 0 radical (unpaired) electrons. The van der Waals surface area contributed by atoms with Crippen molar-refractivity contribution < 1.29 is 9.18 Å². The minimum atomic E-state index is -0.470. The van der Waals surface area contributed by atoms with Crippen LogP contribution in [0.15, 0.2) is 18.2 Å². The van der Waals surface area contributed by atoms with Crippen LogP contribution in [0.3, 0.4) is 0 Å². The first-order chi connectivity index (χ1) is 9.43. The first kappa shape index (κ1) is 14.3. The molecule has 5 nitrogen and oxygen atoms in total. The molecule has 2 rings (SSSR count). The third-order valence-electron chi connectivity index (χ3n) is 2.87. The van der Waals surface area contributed by atoms with Gasteiger partial charge < -0.3 is 11.1 Å². The molecule has 1 aromatic heterocycles. The fourth-order valence-electron chi connectivity index (χ4n) is 1.84. The van der Waals surface area contributed by atoms with Crippen LogP contribution in [-0.4, -0.2) is 15.7 Å². The molecule has 0 unspecified atom stereocenters. The van der Waals surface area contributed by atoms with Gasteiger partial charge in [-0.3, -0.25) is 9.48 Å². The van der Waals surface area contributed by atoms with Crippen LogP contribution < -0.4 is 11.1 Å². The average molecular weight is 297 g/mol. The predicted octanol–water partition coefficient (Wildman–Crippen LogP) is 2.84. The van der Waals surface area contributed by atoms with E-state index in [1.54, 1.807) is 6.92 Å². The number of nitrogens with two attached hydrogens (primary N) is 1. The molecule has 1 amide bonds. The number of aromatic nitrogens is 2. The van der Waals surface area contributed by atoms with Crippen LogP contribution >= 0.6 is 11.6 Å². The molecule has 1 aromatic carbocycles. The van der Waals surface area contributed by atoms with Gasteiger partial charge in [0, 0.05) is 6.54 Å². The second kappa shape index (κ2) is 5.50. The highest BCUT2D eigenvalue weighted by Gasteiger charge is 2.19. The first-order valence-corrected chi connectivity index (χ1v) is 6.41. The Morgan fingerprint density at radius 3 is 2.85 bits per heavy atom. The van der Waals surface area contributed by atoms with Gasteiger partial charge in [0.05, 0.1) is 22.1 Å². The van der Waals surface area contributed by atoms with Crippen LogP contribution in [0.4, 0.5) is 15.8 Å². The number of benzene rings is 1. The largest absolute Gasteiger partial charge is 0.395 e. The molecule has 7 heteroatoms. The Labute approximate surface area is 120 Å². The topological polar surface area (TPSA) is 72.9 Å². The maximum atomic E-state index is 13.0. The number of anilines is 2. The highest BCUT2D eigenvalue weighted by Crippen LogP contribution is 2.24. The normalized spacial score (nSPS) is 10.6. The molecule has 0 aliphatic heterocycles. The van der Waals surface area contributed by atoms with Gasteiger partial charge in [0.1, 0.15) is 11.5 Å². The lowest BCUT2D eigenvalue weighted by Crippen LogP contribution is -2.19. The number of carbonyl (C=O) groups excluding carboxylic acids is 1. The second-order valence-corrected chi connectivity index (χ2v) is 4.65. The molecule has 3 N–H and O–H groups in total. The van der Waals surface area contributed by atoms with E-state index >= 15 is 0 Å². The lowest BCUT2D eigenvalue weighted by atomic mass is 10.2. The highest BCUT2D eigenvalue weighted by atomic mass is 35.5. The monoisotopic (exact) mass is 296 g/mol. The van der Waals surface area contributed by atoms with E-state index in [1.807, 2.05) is 6.92 Å². The van der Waals surface area contributed by atoms with Crippen molar-refractivity contribution in [1.29, 1.82) is 0 Å². The Bertz CT molecular complexity index is 669. The van der Waals surface area contributed by atoms with E-state index < -0.39 is 11.7 Å². The highest BCUT2D eigenvalue weighted by molar-refractivity contribution is 6.34. The summed E-state index contributed by atoms with van der Waals surface area (Å²) in [7, 11) is 0. The van der Waals surface area contributed by atoms with Crippen LogP contribution in [0.25, 0.3) is 0 Å². The van der Waals surface area contributed by atoms with Crippen LogP contribution in [0.5, 0.6) is 0 Å². The standard InChI is InChI=1S/C13H14ClFN4O/c1-3-19-12(11(16)7(2)18-19)13(20)17-10-5-4-8(15)6-9(10)14/h4-6H,3,16H2,1-2H3,(H,17,20). The van der Waals surface area contributed by atoms with Crippen molar-refractivity contribution in [3.05, 3.63) is 40.4 Å². The Kier molecular flexibility index (Phi) is 3.94. The minimum Gasteiger partial charge on any atom is -0.395 e. The summed E-state index contributed by atoms with van der Waals surface area (Å²) in [5.41, 5.74) is 7.35. The maximum absolute atomic E-state index is 13.0. The smallest absolute Gasteiger partial charge is 0.276 e. The van der Waals surface area contributed by atoms with Gasteiger partial charge in [-0.05, 0) is 32.0 Å². The lowest BCUT2D eigenvalue weighted by Gasteiger charge is -2.09. The van der Waals surface area contributed by atoms with E-state index in [9.17, 15) is 9.18 Å². The van der Waals surface area contributed by atoms with E-state index in [4.69, 9.17) is 17.3 Å². The number of nitrogens with zero attached hydrogens (tertiary/aromatic N) is 2. The zero-order valence-electron chi connectivity index (χ0n) is 11.1. The van der Waals surface area contributed by atoms with Crippen molar-refractivity contribution in [3.63, 3.8) is 0 Å². The quantitative estimate of drug-likeness (QED) is 0.914. The van der Waals surface area contributed by atoms with Crippen LogP contribution in [0.1, 0.15) is 23.1 Å². The molecular weight excluding hydrogens is 283 g/mol. The number of aryl methyl sites for hydroxylation is 2. The molecule has 2 aromatic rings. The Morgan fingerprint density at radius 2 is 2.25 bits per heavy atom. The summed E-state index contributed by atoms with van der Waals surface area (Å²) >= 11 is 5.87. The zero-order chi connectivity index (χ0) is 14.9. The van der Waals surface area contributed by atoms with E-state index in [0.717, 1.165) is 6.07 Å².